The molecule has 11 heavy (non-hydrogen) atoms. The van der Waals surface area contributed by atoms with Crippen molar-refractivity contribution in [2.75, 3.05) is 0 Å². The van der Waals surface area contributed by atoms with Gasteiger partial charge < -0.3 is 0 Å². The summed E-state index contributed by atoms with van der Waals surface area (Å²) >= 11 is 5.30. The van der Waals surface area contributed by atoms with Crippen LogP contribution in [0.4, 0.5) is 13.2 Å². The van der Waals surface area contributed by atoms with Gasteiger partial charge in [0.2, 0.25) is 0 Å². The molecule has 0 saturated carbocycles. The quantitative estimate of drug-likeness (QED) is 0.574. The van der Waals surface area contributed by atoms with Gasteiger partial charge in [0.05, 0.1) is 5.56 Å². The van der Waals surface area contributed by atoms with Crippen molar-refractivity contribution < 1.29 is 13.2 Å². The zero-order chi connectivity index (χ0) is 8.48. The maximum Gasteiger partial charge on any atom is 0.417 e. The Bertz CT molecular complexity index is 254. The first kappa shape index (κ1) is 8.40. The van der Waals surface area contributed by atoms with E-state index >= 15 is 0 Å². The Kier molecular flexibility index (Phi) is 2.09. The summed E-state index contributed by atoms with van der Waals surface area (Å²) in [5.74, 6) is 0. The van der Waals surface area contributed by atoms with Gasteiger partial charge in [-0.05, 0) is 12.1 Å². The fourth-order valence-electron chi connectivity index (χ4n) is 0.606. The molecule has 0 fully saturated rings. The van der Waals surface area contributed by atoms with Crippen LogP contribution in [0.2, 0.25) is 5.02 Å². The zero-order valence-corrected chi connectivity index (χ0v) is 6.00. The lowest BCUT2D eigenvalue weighted by Gasteiger charge is -2.04. The minimum atomic E-state index is -4.36. The highest BCUT2D eigenvalue weighted by Crippen LogP contribution is 2.29. The number of rotatable bonds is 0. The molecule has 0 amide bonds. The van der Waals surface area contributed by atoms with Crippen LogP contribution in [0.15, 0.2) is 18.2 Å². The van der Waals surface area contributed by atoms with Crippen molar-refractivity contribution in [3.05, 3.63) is 34.9 Å². The Morgan fingerprint density at radius 1 is 1.27 bits per heavy atom. The van der Waals surface area contributed by atoms with Crippen molar-refractivity contribution >= 4 is 11.6 Å². The largest absolute Gasteiger partial charge is 0.417 e. The molecule has 0 saturated heterocycles. The van der Waals surface area contributed by atoms with Crippen LogP contribution in [0.1, 0.15) is 5.56 Å². The Morgan fingerprint density at radius 3 is 2.27 bits per heavy atom. The summed E-state index contributed by atoms with van der Waals surface area (Å²) in [6, 6.07) is 5.49. The second-order valence-electron chi connectivity index (χ2n) is 1.91. The van der Waals surface area contributed by atoms with Gasteiger partial charge in [0.25, 0.3) is 0 Å². The van der Waals surface area contributed by atoms with Gasteiger partial charge in [0, 0.05) is 11.1 Å². The molecule has 0 spiro atoms. The van der Waals surface area contributed by atoms with E-state index in [9.17, 15) is 13.2 Å². The van der Waals surface area contributed by atoms with Gasteiger partial charge in [-0.15, -0.1) is 0 Å². The number of alkyl halides is 3. The zero-order valence-electron chi connectivity index (χ0n) is 5.24. The number of benzene rings is 1. The molecule has 1 radical (unpaired) electrons. The normalized spacial score (nSPS) is 11.6. The lowest BCUT2D eigenvalue weighted by atomic mass is 10.2. The molecule has 0 N–H and O–H groups in total. The highest BCUT2D eigenvalue weighted by molar-refractivity contribution is 6.30. The van der Waals surface area contributed by atoms with Gasteiger partial charge in [-0.2, -0.15) is 13.2 Å². The summed E-state index contributed by atoms with van der Waals surface area (Å²) in [5, 5.41) is -0.0279. The molecule has 0 nitrogen and oxygen atoms in total. The molecule has 0 bridgehead atoms. The average molecular weight is 180 g/mol. The van der Waals surface area contributed by atoms with Crippen LogP contribution in [0.3, 0.4) is 0 Å². The number of hydrogen-bond donors (Lipinski definition) is 0. The maximum atomic E-state index is 11.9. The monoisotopic (exact) mass is 179 g/mol. The minimum absolute atomic E-state index is 0.0279. The van der Waals surface area contributed by atoms with Gasteiger partial charge >= 0.3 is 6.18 Å². The second kappa shape index (κ2) is 2.74. The first-order valence-corrected chi connectivity index (χ1v) is 3.13. The third kappa shape index (κ3) is 2.12. The molecule has 0 unspecified atom stereocenters. The van der Waals surface area contributed by atoms with E-state index in [-0.39, 0.29) is 5.02 Å². The first-order valence-electron chi connectivity index (χ1n) is 2.75. The van der Waals surface area contributed by atoms with Crippen LogP contribution in [-0.2, 0) is 6.18 Å². The van der Waals surface area contributed by atoms with Crippen LogP contribution >= 0.6 is 11.6 Å². The second-order valence-corrected chi connectivity index (χ2v) is 2.32. The summed E-state index contributed by atoms with van der Waals surface area (Å²) in [7, 11) is 0. The van der Waals surface area contributed by atoms with Crippen LogP contribution in [-0.4, -0.2) is 0 Å². The van der Waals surface area contributed by atoms with Crippen LogP contribution < -0.4 is 0 Å². The lowest BCUT2D eigenvalue weighted by Crippen LogP contribution is -2.04. The fourth-order valence-corrected chi connectivity index (χ4v) is 0.781. The fraction of sp³-hybridized carbons (Fsp3) is 0.143. The van der Waals surface area contributed by atoms with E-state index in [4.69, 9.17) is 11.6 Å². The van der Waals surface area contributed by atoms with Crippen molar-refractivity contribution in [2.24, 2.45) is 0 Å². The van der Waals surface area contributed by atoms with E-state index in [1.165, 1.54) is 12.1 Å². The summed E-state index contributed by atoms with van der Waals surface area (Å²) in [5.41, 5.74) is -0.843. The van der Waals surface area contributed by atoms with Gasteiger partial charge in [0.15, 0.2) is 0 Å². The smallest absolute Gasteiger partial charge is 0.166 e. The Labute approximate surface area is 66.6 Å². The number of halogens is 4. The van der Waals surface area contributed by atoms with E-state index in [1.54, 1.807) is 0 Å². The topological polar surface area (TPSA) is 0 Å². The highest BCUT2D eigenvalue weighted by atomic mass is 35.5. The van der Waals surface area contributed by atoms with Crippen molar-refractivity contribution in [1.82, 2.24) is 0 Å². The molecule has 0 aromatic heterocycles. The molecule has 4 heteroatoms. The molecular weight excluding hydrogens is 177 g/mol. The molecule has 0 aliphatic heterocycles. The van der Waals surface area contributed by atoms with Crippen molar-refractivity contribution in [3.63, 3.8) is 0 Å². The SMILES string of the molecule is FC(F)(F)c1[c]c(Cl)ccc1. The standard InChI is InChI=1S/C7H3ClF3/c8-6-3-1-2-5(4-6)7(9,10)11/h1-3H. The average Bonchev–Trinajstić information content (AvgIpc) is 1.86. The van der Waals surface area contributed by atoms with Gasteiger partial charge in [-0.25, -0.2) is 0 Å². The van der Waals surface area contributed by atoms with Gasteiger partial charge in [-0.3, -0.25) is 0 Å². The molecular formula is C7H3ClF3. The van der Waals surface area contributed by atoms with Crippen LogP contribution in [0.5, 0.6) is 0 Å². The molecule has 59 valence electrons. The van der Waals surface area contributed by atoms with Gasteiger partial charge in [-0.1, -0.05) is 17.7 Å². The summed E-state index contributed by atoms with van der Waals surface area (Å²) in [6.07, 6.45) is -4.36. The molecule has 0 aliphatic carbocycles. The predicted octanol–water partition coefficient (Wildman–Crippen LogP) is 3.16. The maximum absolute atomic E-state index is 11.9. The third-order valence-electron chi connectivity index (χ3n) is 1.06. The van der Waals surface area contributed by atoms with Crippen molar-refractivity contribution in [1.29, 1.82) is 0 Å². The van der Waals surface area contributed by atoms with E-state index in [0.717, 1.165) is 6.07 Å². The Morgan fingerprint density at radius 2 is 1.91 bits per heavy atom. The first-order chi connectivity index (χ1) is 5.00. The summed E-state index contributed by atoms with van der Waals surface area (Å²) in [6.45, 7) is 0. The lowest BCUT2D eigenvalue weighted by molar-refractivity contribution is -0.137. The molecule has 0 aliphatic rings. The van der Waals surface area contributed by atoms with Crippen molar-refractivity contribution in [2.45, 2.75) is 6.18 Å². The van der Waals surface area contributed by atoms with E-state index < -0.39 is 11.7 Å². The van der Waals surface area contributed by atoms with E-state index in [2.05, 4.69) is 0 Å². The summed E-state index contributed by atoms with van der Waals surface area (Å²) < 4.78 is 35.6. The molecule has 1 rings (SSSR count). The van der Waals surface area contributed by atoms with E-state index in [0.29, 0.717) is 0 Å². The van der Waals surface area contributed by atoms with Crippen LogP contribution in [0, 0.1) is 6.07 Å². The molecule has 1 aromatic carbocycles. The third-order valence-corrected chi connectivity index (χ3v) is 1.29. The molecule has 0 heterocycles. The molecule has 0 atom stereocenters. The van der Waals surface area contributed by atoms with Crippen LogP contribution in [0.25, 0.3) is 0 Å². The van der Waals surface area contributed by atoms with E-state index in [1.807, 2.05) is 6.07 Å². The van der Waals surface area contributed by atoms with Crippen molar-refractivity contribution in [3.8, 4) is 0 Å². The highest BCUT2D eigenvalue weighted by Gasteiger charge is 2.30. The molecule has 1 aromatic rings. The summed E-state index contributed by atoms with van der Waals surface area (Å²) in [4.78, 5) is 0. The number of hydrogen-bond acceptors (Lipinski definition) is 0. The Balaban J connectivity index is 3.06. The van der Waals surface area contributed by atoms with Gasteiger partial charge in [0.1, 0.15) is 0 Å². The Hall–Kier alpha value is -0.700. The minimum Gasteiger partial charge on any atom is -0.166 e. The predicted molar refractivity (Wildman–Crippen MR) is 35.3 cm³/mol.